The highest BCUT2D eigenvalue weighted by Gasteiger charge is 2.12. The molecule has 0 aliphatic heterocycles. The van der Waals surface area contributed by atoms with Crippen molar-refractivity contribution in [3.05, 3.63) is 48.4 Å². The van der Waals surface area contributed by atoms with Gasteiger partial charge in [0.15, 0.2) is 5.69 Å². The molecule has 0 saturated carbocycles. The predicted molar refractivity (Wildman–Crippen MR) is 67.4 cm³/mol. The molecule has 0 amide bonds. The molecule has 3 aromatic rings. The topological polar surface area (TPSA) is 88.1 Å². The molecule has 2 N–H and O–H groups in total. The molecule has 6 heteroatoms. The van der Waals surface area contributed by atoms with Gasteiger partial charge in [0.05, 0.1) is 11.7 Å². The summed E-state index contributed by atoms with van der Waals surface area (Å²) in [5.41, 5.74) is 0.613. The molecule has 0 bridgehead atoms. The molecular formula is C13H9N3O3. The van der Waals surface area contributed by atoms with Gasteiger partial charge in [-0.2, -0.15) is 5.10 Å². The molecule has 0 aliphatic carbocycles. The Morgan fingerprint density at radius 1 is 1.26 bits per heavy atom. The predicted octanol–water partition coefficient (Wildman–Crippen LogP) is 2.45. The number of nitrogens with one attached hydrogen (secondary N) is 1. The molecule has 2 heterocycles. The minimum Gasteiger partial charge on any atom is -0.476 e. The number of fused-ring (bicyclic) bond motifs is 1. The van der Waals surface area contributed by atoms with E-state index < -0.39 is 5.97 Å². The lowest BCUT2D eigenvalue weighted by Gasteiger charge is -2.04. The van der Waals surface area contributed by atoms with Crippen molar-refractivity contribution in [1.82, 2.24) is 15.2 Å². The van der Waals surface area contributed by atoms with Gasteiger partial charge in [0.1, 0.15) is 11.5 Å². The van der Waals surface area contributed by atoms with Crippen LogP contribution in [0.2, 0.25) is 0 Å². The molecule has 2 aromatic heterocycles. The lowest BCUT2D eigenvalue weighted by atomic mass is 10.2. The Labute approximate surface area is 107 Å². The van der Waals surface area contributed by atoms with Gasteiger partial charge in [-0.3, -0.25) is 10.1 Å². The van der Waals surface area contributed by atoms with Crippen molar-refractivity contribution in [3.63, 3.8) is 0 Å². The number of hydrogen-bond acceptors (Lipinski definition) is 4. The number of benzene rings is 1. The first kappa shape index (κ1) is 11.2. The minimum absolute atomic E-state index is 0.00271. The highest BCUT2D eigenvalue weighted by atomic mass is 16.5. The quantitative estimate of drug-likeness (QED) is 0.750. The van der Waals surface area contributed by atoms with Crippen LogP contribution in [0.5, 0.6) is 11.5 Å². The Morgan fingerprint density at radius 3 is 2.89 bits per heavy atom. The molecule has 94 valence electrons. The number of hydrogen-bond donors (Lipinski definition) is 2. The van der Waals surface area contributed by atoms with Crippen molar-refractivity contribution in [3.8, 4) is 11.5 Å². The highest BCUT2D eigenvalue weighted by Crippen LogP contribution is 2.25. The van der Waals surface area contributed by atoms with E-state index in [1.54, 1.807) is 42.7 Å². The van der Waals surface area contributed by atoms with Gasteiger partial charge in [0.25, 0.3) is 0 Å². The van der Waals surface area contributed by atoms with E-state index in [1.165, 1.54) is 0 Å². The largest absolute Gasteiger partial charge is 0.476 e. The zero-order chi connectivity index (χ0) is 13.2. The standard InChI is InChI=1S/C13H9N3O3/c17-13(18)12-10-4-3-8(6-11(10)15-16-12)19-9-2-1-5-14-7-9/h1-7H,(H,15,16)(H,17,18). The number of aromatic carboxylic acids is 1. The first-order valence-electron chi connectivity index (χ1n) is 5.53. The van der Waals surface area contributed by atoms with E-state index in [2.05, 4.69) is 15.2 Å². The van der Waals surface area contributed by atoms with Crippen LogP contribution in [0.15, 0.2) is 42.7 Å². The molecule has 1 aromatic carbocycles. The summed E-state index contributed by atoms with van der Waals surface area (Å²) in [6.45, 7) is 0. The molecule has 3 rings (SSSR count). The summed E-state index contributed by atoms with van der Waals surface area (Å²) in [7, 11) is 0. The lowest BCUT2D eigenvalue weighted by Crippen LogP contribution is -1.96. The Bertz CT molecular complexity index is 737. The van der Waals surface area contributed by atoms with Crippen molar-refractivity contribution in [2.24, 2.45) is 0 Å². The number of carbonyl (C=O) groups is 1. The van der Waals surface area contributed by atoms with Crippen LogP contribution >= 0.6 is 0 Å². The molecule has 0 fully saturated rings. The Morgan fingerprint density at radius 2 is 2.16 bits per heavy atom. The third-order valence-electron chi connectivity index (χ3n) is 2.61. The fraction of sp³-hybridized carbons (Fsp3) is 0. The maximum Gasteiger partial charge on any atom is 0.357 e. The summed E-state index contributed by atoms with van der Waals surface area (Å²) >= 11 is 0. The number of aromatic amines is 1. The van der Waals surface area contributed by atoms with Crippen molar-refractivity contribution >= 4 is 16.9 Å². The molecule has 0 atom stereocenters. The van der Waals surface area contributed by atoms with Gasteiger partial charge >= 0.3 is 5.97 Å². The third kappa shape index (κ3) is 2.11. The van der Waals surface area contributed by atoms with Crippen LogP contribution in [0, 0.1) is 0 Å². The second-order valence-corrected chi connectivity index (χ2v) is 3.88. The van der Waals surface area contributed by atoms with Crippen LogP contribution in [0.3, 0.4) is 0 Å². The van der Waals surface area contributed by atoms with Gasteiger partial charge in [0, 0.05) is 17.6 Å². The minimum atomic E-state index is -1.06. The van der Waals surface area contributed by atoms with Gasteiger partial charge < -0.3 is 9.84 Å². The van der Waals surface area contributed by atoms with E-state index in [9.17, 15) is 4.79 Å². The van der Waals surface area contributed by atoms with Crippen LogP contribution in [-0.2, 0) is 0 Å². The number of H-pyrrole nitrogens is 1. The van der Waals surface area contributed by atoms with E-state index in [1.807, 2.05) is 0 Å². The Hall–Kier alpha value is -2.89. The molecule has 0 saturated heterocycles. The summed E-state index contributed by atoms with van der Waals surface area (Å²) in [6.07, 6.45) is 3.25. The molecular weight excluding hydrogens is 246 g/mol. The van der Waals surface area contributed by atoms with E-state index in [0.717, 1.165) is 0 Å². The van der Waals surface area contributed by atoms with Gasteiger partial charge in [-0.25, -0.2) is 4.79 Å². The van der Waals surface area contributed by atoms with Crippen molar-refractivity contribution in [2.45, 2.75) is 0 Å². The molecule has 6 nitrogen and oxygen atoms in total. The highest BCUT2D eigenvalue weighted by molar-refractivity contribution is 6.01. The van der Waals surface area contributed by atoms with E-state index in [0.29, 0.717) is 22.4 Å². The van der Waals surface area contributed by atoms with Gasteiger partial charge in [-0.15, -0.1) is 0 Å². The lowest BCUT2D eigenvalue weighted by molar-refractivity contribution is 0.0692. The van der Waals surface area contributed by atoms with Crippen LogP contribution in [0.4, 0.5) is 0 Å². The number of carboxylic acids is 1. The fourth-order valence-electron chi connectivity index (χ4n) is 1.77. The Kier molecular flexibility index (Phi) is 2.60. The van der Waals surface area contributed by atoms with Crippen LogP contribution in [-0.4, -0.2) is 26.3 Å². The van der Waals surface area contributed by atoms with Gasteiger partial charge in [0.2, 0.25) is 0 Å². The van der Waals surface area contributed by atoms with Crippen LogP contribution in [0.1, 0.15) is 10.5 Å². The van der Waals surface area contributed by atoms with Crippen LogP contribution < -0.4 is 4.74 Å². The number of ether oxygens (including phenoxy) is 1. The van der Waals surface area contributed by atoms with Crippen LogP contribution in [0.25, 0.3) is 10.9 Å². The summed E-state index contributed by atoms with van der Waals surface area (Å²) in [6, 6.07) is 8.60. The zero-order valence-corrected chi connectivity index (χ0v) is 9.70. The first-order valence-corrected chi connectivity index (χ1v) is 5.53. The summed E-state index contributed by atoms with van der Waals surface area (Å²) in [5.74, 6) is 0.132. The van der Waals surface area contributed by atoms with E-state index in [-0.39, 0.29) is 5.69 Å². The maximum absolute atomic E-state index is 10.9. The SMILES string of the molecule is O=C(O)c1n[nH]c2cc(Oc3cccnc3)ccc12. The number of aromatic nitrogens is 3. The molecule has 0 aliphatic rings. The molecule has 19 heavy (non-hydrogen) atoms. The van der Waals surface area contributed by atoms with Gasteiger partial charge in [-0.05, 0) is 24.3 Å². The number of carboxylic acid groups (broad SMARTS) is 1. The first-order chi connectivity index (χ1) is 9.24. The summed E-state index contributed by atoms with van der Waals surface area (Å²) in [5, 5.41) is 15.9. The molecule has 0 unspecified atom stereocenters. The van der Waals surface area contributed by atoms with Crippen molar-refractivity contribution in [2.75, 3.05) is 0 Å². The normalized spacial score (nSPS) is 10.5. The summed E-state index contributed by atoms with van der Waals surface area (Å²) < 4.78 is 5.60. The molecule has 0 spiro atoms. The summed E-state index contributed by atoms with van der Waals surface area (Å²) in [4.78, 5) is 14.9. The van der Waals surface area contributed by atoms with E-state index in [4.69, 9.17) is 9.84 Å². The fourth-order valence-corrected chi connectivity index (χ4v) is 1.77. The number of rotatable bonds is 3. The number of pyridine rings is 1. The second kappa shape index (κ2) is 4.41. The van der Waals surface area contributed by atoms with Crippen molar-refractivity contribution in [1.29, 1.82) is 0 Å². The smallest absolute Gasteiger partial charge is 0.357 e. The average Bonchev–Trinajstić information content (AvgIpc) is 2.83. The second-order valence-electron chi connectivity index (χ2n) is 3.88. The third-order valence-corrected chi connectivity index (χ3v) is 2.61. The number of nitrogens with zero attached hydrogens (tertiary/aromatic N) is 2. The van der Waals surface area contributed by atoms with E-state index >= 15 is 0 Å². The monoisotopic (exact) mass is 255 g/mol. The maximum atomic E-state index is 10.9. The molecule has 0 radical (unpaired) electrons. The van der Waals surface area contributed by atoms with Crippen molar-refractivity contribution < 1.29 is 14.6 Å². The zero-order valence-electron chi connectivity index (χ0n) is 9.70. The van der Waals surface area contributed by atoms with Gasteiger partial charge in [-0.1, -0.05) is 0 Å². The Balaban J connectivity index is 1.97. The average molecular weight is 255 g/mol.